The van der Waals surface area contributed by atoms with Gasteiger partial charge < -0.3 is 10.2 Å². The van der Waals surface area contributed by atoms with Crippen LogP contribution in [0.1, 0.15) is 50.2 Å². The van der Waals surface area contributed by atoms with E-state index in [1.165, 1.54) is 0 Å². The van der Waals surface area contributed by atoms with Gasteiger partial charge in [-0.15, -0.1) is 0 Å². The molecule has 2 aromatic carbocycles. The highest BCUT2D eigenvalue weighted by Crippen LogP contribution is 2.28. The second-order valence-electron chi connectivity index (χ2n) is 8.05. The van der Waals surface area contributed by atoms with Gasteiger partial charge in [-0.3, -0.25) is 9.59 Å². The number of carbonyl (C=O) groups excluding carboxylic acids is 2. The van der Waals surface area contributed by atoms with Crippen molar-refractivity contribution in [3.05, 3.63) is 67.6 Å². The largest absolute Gasteiger partial charge is 0.352 e. The lowest BCUT2D eigenvalue weighted by Gasteiger charge is -2.32. The predicted octanol–water partition coefficient (Wildman–Crippen LogP) is 6.71. The van der Waals surface area contributed by atoms with Crippen molar-refractivity contribution in [2.45, 2.75) is 64.1 Å². The van der Waals surface area contributed by atoms with E-state index in [4.69, 9.17) is 46.4 Å². The Bertz CT molecular complexity index is 956. The second-order valence-corrected chi connectivity index (χ2v) is 9.71. The SMILES string of the molecule is CCC(C(=O)NC1CCCC1)N(Cc1c(Cl)cccc1Cl)C(=O)Cc1ccc(Cl)cc1Cl. The molecule has 172 valence electrons. The Hall–Kier alpha value is -1.46. The minimum absolute atomic E-state index is 0.0330. The third kappa shape index (κ3) is 6.32. The molecule has 0 spiro atoms. The molecule has 2 aromatic rings. The molecule has 4 nitrogen and oxygen atoms in total. The molecular weight excluding hydrogens is 490 g/mol. The number of hydrogen-bond acceptors (Lipinski definition) is 2. The number of hydrogen-bond donors (Lipinski definition) is 1. The Labute approximate surface area is 209 Å². The molecule has 1 aliphatic rings. The van der Waals surface area contributed by atoms with Gasteiger partial charge in [-0.25, -0.2) is 0 Å². The lowest BCUT2D eigenvalue weighted by Crippen LogP contribution is -2.51. The van der Waals surface area contributed by atoms with E-state index in [9.17, 15) is 9.59 Å². The first-order valence-electron chi connectivity index (χ1n) is 10.8. The van der Waals surface area contributed by atoms with Crippen molar-refractivity contribution in [2.75, 3.05) is 0 Å². The van der Waals surface area contributed by atoms with Crippen LogP contribution in [0.5, 0.6) is 0 Å². The van der Waals surface area contributed by atoms with Crippen LogP contribution in [-0.4, -0.2) is 28.8 Å². The smallest absolute Gasteiger partial charge is 0.243 e. The molecular formula is C24H26Cl4N2O2. The molecule has 0 heterocycles. The van der Waals surface area contributed by atoms with E-state index < -0.39 is 6.04 Å². The highest BCUT2D eigenvalue weighted by molar-refractivity contribution is 6.36. The number of carbonyl (C=O) groups is 2. The fraction of sp³-hybridized carbons (Fsp3) is 0.417. The normalized spacial score (nSPS) is 14.9. The third-order valence-corrected chi connectivity index (χ3v) is 7.13. The van der Waals surface area contributed by atoms with E-state index in [-0.39, 0.29) is 30.8 Å². The van der Waals surface area contributed by atoms with Crippen molar-refractivity contribution < 1.29 is 9.59 Å². The Morgan fingerprint density at radius 2 is 1.69 bits per heavy atom. The average Bonchev–Trinajstić information content (AvgIpc) is 3.25. The molecule has 32 heavy (non-hydrogen) atoms. The molecule has 0 saturated heterocycles. The summed E-state index contributed by atoms with van der Waals surface area (Å²) >= 11 is 25.1. The Kier molecular flexibility index (Phi) is 9.13. The van der Waals surface area contributed by atoms with Crippen LogP contribution in [0.3, 0.4) is 0 Å². The fourth-order valence-corrected chi connectivity index (χ4v) is 5.06. The second kappa shape index (κ2) is 11.6. The molecule has 1 aliphatic carbocycles. The summed E-state index contributed by atoms with van der Waals surface area (Å²) in [5.74, 6) is -0.392. The Balaban J connectivity index is 1.89. The van der Waals surface area contributed by atoms with E-state index >= 15 is 0 Å². The molecule has 2 amide bonds. The number of rotatable bonds is 8. The average molecular weight is 516 g/mol. The lowest BCUT2D eigenvalue weighted by molar-refractivity contribution is -0.141. The van der Waals surface area contributed by atoms with Gasteiger partial charge in [0.05, 0.1) is 6.42 Å². The molecule has 0 bridgehead atoms. The van der Waals surface area contributed by atoms with Gasteiger partial charge in [0.1, 0.15) is 6.04 Å². The topological polar surface area (TPSA) is 49.4 Å². The van der Waals surface area contributed by atoms with Gasteiger partial charge in [0.2, 0.25) is 11.8 Å². The van der Waals surface area contributed by atoms with E-state index in [1.807, 2.05) is 6.92 Å². The number of amides is 2. The predicted molar refractivity (Wildman–Crippen MR) is 132 cm³/mol. The summed E-state index contributed by atoms with van der Waals surface area (Å²) in [4.78, 5) is 28.2. The Morgan fingerprint density at radius 3 is 2.28 bits per heavy atom. The Morgan fingerprint density at radius 1 is 1.03 bits per heavy atom. The van der Waals surface area contributed by atoms with Gasteiger partial charge in [0.15, 0.2) is 0 Å². The number of halogens is 4. The highest BCUT2D eigenvalue weighted by atomic mass is 35.5. The zero-order chi connectivity index (χ0) is 23.3. The summed E-state index contributed by atoms with van der Waals surface area (Å²) in [6.45, 7) is 2.02. The maximum atomic E-state index is 13.5. The number of nitrogens with one attached hydrogen (secondary N) is 1. The van der Waals surface area contributed by atoms with Gasteiger partial charge in [-0.05, 0) is 49.1 Å². The first kappa shape index (κ1) is 25.2. The molecule has 1 unspecified atom stereocenters. The van der Waals surface area contributed by atoms with E-state index in [1.54, 1.807) is 41.3 Å². The molecule has 0 radical (unpaired) electrons. The number of nitrogens with zero attached hydrogens (tertiary/aromatic N) is 1. The minimum Gasteiger partial charge on any atom is -0.352 e. The van der Waals surface area contributed by atoms with Crippen LogP contribution in [0.4, 0.5) is 0 Å². The lowest BCUT2D eigenvalue weighted by atomic mass is 10.1. The van der Waals surface area contributed by atoms with Crippen molar-refractivity contribution >= 4 is 58.2 Å². The fourth-order valence-electron chi connectivity index (χ4n) is 4.07. The van der Waals surface area contributed by atoms with Crippen LogP contribution in [0.25, 0.3) is 0 Å². The molecule has 8 heteroatoms. The van der Waals surface area contributed by atoms with Crippen LogP contribution in [0.2, 0.25) is 20.1 Å². The summed E-state index contributed by atoms with van der Waals surface area (Å²) in [6.07, 6.45) is 4.63. The summed E-state index contributed by atoms with van der Waals surface area (Å²) in [5.41, 5.74) is 1.25. The van der Waals surface area contributed by atoms with Crippen molar-refractivity contribution in [1.82, 2.24) is 10.2 Å². The molecule has 1 atom stereocenters. The van der Waals surface area contributed by atoms with Crippen LogP contribution < -0.4 is 5.32 Å². The first-order valence-corrected chi connectivity index (χ1v) is 12.3. The molecule has 0 aromatic heterocycles. The van der Waals surface area contributed by atoms with Crippen molar-refractivity contribution in [3.63, 3.8) is 0 Å². The van der Waals surface area contributed by atoms with Crippen LogP contribution in [0.15, 0.2) is 36.4 Å². The molecule has 1 N–H and O–H groups in total. The maximum Gasteiger partial charge on any atom is 0.243 e. The number of benzene rings is 2. The summed E-state index contributed by atoms with van der Waals surface area (Å²) in [7, 11) is 0. The van der Waals surface area contributed by atoms with Crippen molar-refractivity contribution in [1.29, 1.82) is 0 Å². The molecule has 0 aliphatic heterocycles. The van der Waals surface area contributed by atoms with Crippen molar-refractivity contribution in [2.24, 2.45) is 0 Å². The molecule has 1 fully saturated rings. The van der Waals surface area contributed by atoms with Gasteiger partial charge in [-0.1, -0.05) is 78.3 Å². The van der Waals surface area contributed by atoms with Gasteiger partial charge in [-0.2, -0.15) is 0 Å². The monoisotopic (exact) mass is 514 g/mol. The van der Waals surface area contributed by atoms with E-state index in [2.05, 4.69) is 5.32 Å². The maximum absolute atomic E-state index is 13.5. The quantitative estimate of drug-likeness (QED) is 0.424. The van der Waals surface area contributed by atoms with Crippen LogP contribution in [-0.2, 0) is 22.6 Å². The van der Waals surface area contributed by atoms with E-state index in [0.717, 1.165) is 25.7 Å². The van der Waals surface area contributed by atoms with Crippen LogP contribution >= 0.6 is 46.4 Å². The van der Waals surface area contributed by atoms with Gasteiger partial charge >= 0.3 is 0 Å². The van der Waals surface area contributed by atoms with Gasteiger partial charge in [0, 0.05) is 38.2 Å². The van der Waals surface area contributed by atoms with Crippen molar-refractivity contribution in [3.8, 4) is 0 Å². The zero-order valence-electron chi connectivity index (χ0n) is 17.8. The van der Waals surface area contributed by atoms with Crippen LogP contribution in [0, 0.1) is 0 Å². The molecule has 1 saturated carbocycles. The molecule has 3 rings (SSSR count). The standard InChI is InChI=1S/C24H26Cl4N2O2/c1-2-22(24(32)29-17-6-3-4-7-17)30(14-18-19(26)8-5-9-20(18)27)23(31)12-15-10-11-16(25)13-21(15)28/h5,8-11,13,17,22H,2-4,6-7,12,14H2,1H3,(H,29,32). The summed E-state index contributed by atoms with van der Waals surface area (Å²) in [6, 6.07) is 9.72. The van der Waals surface area contributed by atoms with E-state index in [0.29, 0.717) is 37.6 Å². The zero-order valence-corrected chi connectivity index (χ0v) is 20.9. The summed E-state index contributed by atoms with van der Waals surface area (Å²) < 4.78 is 0. The first-order chi connectivity index (χ1) is 15.3. The minimum atomic E-state index is -0.651. The summed E-state index contributed by atoms with van der Waals surface area (Å²) in [5, 5.41) is 4.92. The third-order valence-electron chi connectivity index (χ3n) is 5.83. The highest BCUT2D eigenvalue weighted by Gasteiger charge is 2.31. The van der Waals surface area contributed by atoms with Gasteiger partial charge in [0.25, 0.3) is 0 Å².